The Kier molecular flexibility index (Phi) is 6.85. The Balaban J connectivity index is 1.65. The van der Waals surface area contributed by atoms with Gasteiger partial charge in [0.05, 0.1) is 19.1 Å². The fourth-order valence-electron chi connectivity index (χ4n) is 4.39. The van der Waals surface area contributed by atoms with E-state index in [9.17, 15) is 24.0 Å². The monoisotopic (exact) mass is 445 g/mol. The number of hydrogen-bond donors (Lipinski definition) is 1. The van der Waals surface area contributed by atoms with E-state index in [1.807, 2.05) is 13.8 Å². The maximum atomic E-state index is 12.9. The van der Waals surface area contributed by atoms with E-state index in [-0.39, 0.29) is 41.1 Å². The van der Waals surface area contributed by atoms with Gasteiger partial charge in [-0.15, -0.1) is 0 Å². The number of nitrogens with zero attached hydrogens (tertiary/aromatic N) is 2. The van der Waals surface area contributed by atoms with Gasteiger partial charge in [-0.1, -0.05) is 13.8 Å². The number of carbonyl (C=O) groups is 4. The molecule has 0 unspecified atom stereocenters. The van der Waals surface area contributed by atoms with Crippen molar-refractivity contribution in [1.82, 2.24) is 14.8 Å². The van der Waals surface area contributed by atoms with Crippen LogP contribution >= 0.6 is 0 Å². The maximum Gasteiger partial charge on any atom is 0.309 e. The van der Waals surface area contributed by atoms with Crippen LogP contribution in [0.15, 0.2) is 10.9 Å². The molecule has 2 heterocycles. The summed E-state index contributed by atoms with van der Waals surface area (Å²) in [5, 5.41) is 0. The van der Waals surface area contributed by atoms with Gasteiger partial charge in [0.15, 0.2) is 5.78 Å². The maximum absolute atomic E-state index is 12.9. The highest BCUT2D eigenvalue weighted by atomic mass is 16.5. The van der Waals surface area contributed by atoms with Gasteiger partial charge in [-0.2, -0.15) is 0 Å². The number of fused-ring (bicyclic) bond motifs is 1. The SMILES string of the molecule is CCOC(=O)C1CCN(C(=O)CN(C)C(=O)c2cc3c([nH]c2=O)CC(C)(C)CC3=O)CC1. The van der Waals surface area contributed by atoms with Crippen LogP contribution in [0, 0.1) is 11.3 Å². The summed E-state index contributed by atoms with van der Waals surface area (Å²) in [6, 6.07) is 1.36. The Morgan fingerprint density at radius 3 is 2.47 bits per heavy atom. The zero-order chi connectivity index (χ0) is 23.6. The number of H-pyrrole nitrogens is 1. The van der Waals surface area contributed by atoms with Gasteiger partial charge in [0.1, 0.15) is 5.56 Å². The van der Waals surface area contributed by atoms with Gasteiger partial charge in [-0.25, -0.2) is 0 Å². The van der Waals surface area contributed by atoms with Crippen molar-refractivity contribution in [3.63, 3.8) is 0 Å². The van der Waals surface area contributed by atoms with Crippen molar-refractivity contribution in [2.45, 2.75) is 46.5 Å². The smallest absolute Gasteiger partial charge is 0.309 e. The molecule has 0 bridgehead atoms. The first-order valence-corrected chi connectivity index (χ1v) is 11.0. The number of ether oxygens (including phenoxy) is 1. The molecule has 1 aliphatic heterocycles. The number of likely N-dealkylation sites (N-methyl/N-ethyl adjacent to an activating group) is 1. The minimum Gasteiger partial charge on any atom is -0.466 e. The number of rotatable bonds is 5. The number of esters is 1. The normalized spacial score (nSPS) is 18.1. The Hall–Kier alpha value is -2.97. The lowest BCUT2D eigenvalue weighted by atomic mass is 9.75. The fourth-order valence-corrected chi connectivity index (χ4v) is 4.39. The van der Waals surface area contributed by atoms with Crippen LogP contribution in [-0.2, 0) is 20.7 Å². The second kappa shape index (κ2) is 9.26. The number of piperidine rings is 1. The number of Topliss-reactive ketones (excluding diaryl/α,β-unsaturated/α-hetero) is 1. The molecule has 3 rings (SSSR count). The van der Waals surface area contributed by atoms with Gasteiger partial charge >= 0.3 is 5.97 Å². The summed E-state index contributed by atoms with van der Waals surface area (Å²) in [7, 11) is 1.45. The van der Waals surface area contributed by atoms with E-state index in [0.29, 0.717) is 56.6 Å². The highest BCUT2D eigenvalue weighted by molar-refractivity contribution is 6.02. The van der Waals surface area contributed by atoms with Crippen LogP contribution in [0.4, 0.5) is 0 Å². The first-order chi connectivity index (χ1) is 15.0. The molecule has 1 N–H and O–H groups in total. The van der Waals surface area contributed by atoms with Crippen molar-refractivity contribution in [1.29, 1.82) is 0 Å². The molecular weight excluding hydrogens is 414 g/mol. The van der Waals surface area contributed by atoms with Gasteiger partial charge in [0, 0.05) is 37.8 Å². The van der Waals surface area contributed by atoms with Crippen molar-refractivity contribution in [3.05, 3.63) is 33.2 Å². The van der Waals surface area contributed by atoms with Crippen LogP contribution in [0.5, 0.6) is 0 Å². The minimum atomic E-state index is -0.610. The zero-order valence-electron chi connectivity index (χ0n) is 19.2. The molecule has 1 aromatic heterocycles. The molecule has 2 aliphatic rings. The first kappa shape index (κ1) is 23.7. The van der Waals surface area contributed by atoms with Crippen LogP contribution in [0.3, 0.4) is 0 Å². The van der Waals surface area contributed by atoms with Crippen molar-refractivity contribution in [3.8, 4) is 0 Å². The summed E-state index contributed by atoms with van der Waals surface area (Å²) in [5.41, 5.74) is -0.0337. The molecule has 2 amide bonds. The number of amides is 2. The van der Waals surface area contributed by atoms with E-state index in [1.54, 1.807) is 11.8 Å². The second-order valence-corrected chi connectivity index (χ2v) is 9.41. The standard InChI is InChI=1S/C23H31N3O6/c1-5-32-22(31)14-6-8-26(9-7-14)19(28)13-25(4)21(30)16-10-15-17(24-20(16)29)11-23(2,3)12-18(15)27/h10,14H,5-9,11-13H2,1-4H3,(H,24,29). The van der Waals surface area contributed by atoms with Gasteiger partial charge in [-0.3, -0.25) is 24.0 Å². The van der Waals surface area contributed by atoms with E-state index in [0.717, 1.165) is 0 Å². The molecule has 0 radical (unpaired) electrons. The summed E-state index contributed by atoms with van der Waals surface area (Å²) in [6.45, 7) is 6.63. The largest absolute Gasteiger partial charge is 0.466 e. The average molecular weight is 446 g/mol. The topological polar surface area (TPSA) is 117 Å². The van der Waals surface area contributed by atoms with Gasteiger partial charge in [-0.05, 0) is 37.7 Å². The van der Waals surface area contributed by atoms with E-state index in [4.69, 9.17) is 4.74 Å². The summed E-state index contributed by atoms with van der Waals surface area (Å²) in [4.78, 5) is 68.0. The Bertz CT molecular complexity index is 988. The molecule has 1 fully saturated rings. The number of aromatic amines is 1. The third-order valence-electron chi connectivity index (χ3n) is 6.13. The highest BCUT2D eigenvalue weighted by Crippen LogP contribution is 2.33. The third kappa shape index (κ3) is 5.08. The Labute approximate surface area is 187 Å². The van der Waals surface area contributed by atoms with E-state index < -0.39 is 11.5 Å². The number of likely N-dealkylation sites (tertiary alicyclic amines) is 1. The molecule has 1 aliphatic carbocycles. The summed E-state index contributed by atoms with van der Waals surface area (Å²) < 4.78 is 5.04. The molecule has 0 saturated carbocycles. The molecule has 174 valence electrons. The highest BCUT2D eigenvalue weighted by Gasteiger charge is 2.34. The number of hydrogen-bond acceptors (Lipinski definition) is 6. The molecule has 9 heteroatoms. The Morgan fingerprint density at radius 2 is 1.84 bits per heavy atom. The number of aromatic nitrogens is 1. The van der Waals surface area contributed by atoms with Crippen LogP contribution in [-0.4, -0.2) is 71.6 Å². The molecule has 1 saturated heterocycles. The second-order valence-electron chi connectivity index (χ2n) is 9.41. The molecular formula is C23H31N3O6. The minimum absolute atomic E-state index is 0.107. The number of ketones is 1. The molecule has 0 atom stereocenters. The van der Waals surface area contributed by atoms with Gasteiger partial charge < -0.3 is 19.5 Å². The molecule has 1 aromatic rings. The molecule has 32 heavy (non-hydrogen) atoms. The molecule has 0 aromatic carbocycles. The summed E-state index contributed by atoms with van der Waals surface area (Å²) in [6.07, 6.45) is 1.93. The van der Waals surface area contributed by atoms with Crippen LogP contribution < -0.4 is 5.56 Å². The summed E-state index contributed by atoms with van der Waals surface area (Å²) >= 11 is 0. The first-order valence-electron chi connectivity index (χ1n) is 11.0. The summed E-state index contributed by atoms with van der Waals surface area (Å²) in [5.74, 6) is -1.42. The number of pyridine rings is 1. The average Bonchev–Trinajstić information content (AvgIpc) is 2.72. The lowest BCUT2D eigenvalue weighted by Gasteiger charge is -2.32. The third-order valence-corrected chi connectivity index (χ3v) is 6.13. The predicted octanol–water partition coefficient (Wildman–Crippen LogP) is 1.40. The lowest BCUT2D eigenvalue weighted by Crippen LogP contribution is -2.46. The van der Waals surface area contributed by atoms with Crippen LogP contribution in [0.25, 0.3) is 0 Å². The van der Waals surface area contributed by atoms with E-state index in [2.05, 4.69) is 4.98 Å². The molecule has 9 nitrogen and oxygen atoms in total. The molecule has 0 spiro atoms. The van der Waals surface area contributed by atoms with Gasteiger partial charge in [0.25, 0.3) is 11.5 Å². The van der Waals surface area contributed by atoms with Gasteiger partial charge in [0.2, 0.25) is 5.91 Å². The van der Waals surface area contributed by atoms with Crippen molar-refractivity contribution in [2.24, 2.45) is 11.3 Å². The van der Waals surface area contributed by atoms with Crippen molar-refractivity contribution < 1.29 is 23.9 Å². The van der Waals surface area contributed by atoms with Crippen molar-refractivity contribution >= 4 is 23.6 Å². The predicted molar refractivity (Wildman–Crippen MR) is 116 cm³/mol. The quantitative estimate of drug-likeness (QED) is 0.685. The zero-order valence-corrected chi connectivity index (χ0v) is 19.2. The number of nitrogens with one attached hydrogen (secondary N) is 1. The van der Waals surface area contributed by atoms with Crippen LogP contribution in [0.1, 0.15) is 66.4 Å². The fraction of sp³-hybridized carbons (Fsp3) is 0.609. The Morgan fingerprint density at radius 1 is 1.19 bits per heavy atom. The van der Waals surface area contributed by atoms with Crippen molar-refractivity contribution in [2.75, 3.05) is 33.3 Å². The van der Waals surface area contributed by atoms with E-state index in [1.165, 1.54) is 18.0 Å². The lowest BCUT2D eigenvalue weighted by molar-refractivity contribution is -0.151. The van der Waals surface area contributed by atoms with E-state index >= 15 is 0 Å². The number of carbonyl (C=O) groups excluding carboxylic acids is 4. The van der Waals surface area contributed by atoms with Crippen LogP contribution in [0.2, 0.25) is 0 Å².